The number of rotatable bonds is 9. The van der Waals surface area contributed by atoms with Crippen LogP contribution in [0.1, 0.15) is 94.6 Å². The van der Waals surface area contributed by atoms with Gasteiger partial charge in [-0.15, -0.1) is 0 Å². The number of Topliss-reactive ketones (excluding diaryl/α,β-unsaturated/α-hetero) is 2. The van der Waals surface area contributed by atoms with Gasteiger partial charge in [-0.1, -0.05) is 58.0 Å². The van der Waals surface area contributed by atoms with E-state index in [2.05, 4.69) is 10.3 Å². The number of amides is 1. The molecule has 3 aliphatic heterocycles. The molecule has 1 aromatic heterocycles. The van der Waals surface area contributed by atoms with E-state index in [9.17, 15) is 24.3 Å². The summed E-state index contributed by atoms with van der Waals surface area (Å²) in [7, 11) is 3.68. The Labute approximate surface area is 355 Å². The Morgan fingerprint density at radius 2 is 1.70 bits per heavy atom. The van der Waals surface area contributed by atoms with Gasteiger partial charge in [0.1, 0.15) is 30.0 Å². The summed E-state index contributed by atoms with van der Waals surface area (Å²) in [5, 5.41) is 15.8. The summed E-state index contributed by atoms with van der Waals surface area (Å²) in [6.45, 7) is 19.5. The third kappa shape index (κ3) is 10.1. The molecule has 3 fully saturated rings. The Morgan fingerprint density at radius 3 is 2.35 bits per heavy atom. The third-order valence-electron chi connectivity index (χ3n) is 12.5. The second-order valence-corrected chi connectivity index (χ2v) is 18.6. The molecule has 3 saturated heterocycles. The van der Waals surface area contributed by atoms with Crippen molar-refractivity contribution in [1.29, 1.82) is 0 Å². The van der Waals surface area contributed by atoms with Crippen molar-refractivity contribution in [2.75, 3.05) is 20.7 Å². The average Bonchev–Trinajstić information content (AvgIpc) is 3.50. The molecule has 2 aromatic rings. The second kappa shape index (κ2) is 18.7. The molecule has 3 aliphatic rings. The lowest BCUT2D eigenvalue weighted by Crippen LogP contribution is -2.65. The van der Waals surface area contributed by atoms with Crippen LogP contribution in [0.15, 0.2) is 42.6 Å². The molecular formula is C46H67N3O11. The Bertz CT molecular complexity index is 1900. The van der Waals surface area contributed by atoms with E-state index in [4.69, 9.17) is 28.4 Å². The van der Waals surface area contributed by atoms with Crippen LogP contribution in [0.25, 0.3) is 17.0 Å². The predicted molar refractivity (Wildman–Crippen MR) is 226 cm³/mol. The average molecular weight is 838 g/mol. The van der Waals surface area contributed by atoms with Crippen molar-refractivity contribution in [2.24, 2.45) is 23.7 Å². The number of ketones is 2. The summed E-state index contributed by atoms with van der Waals surface area (Å²) in [6, 6.07) is 8.40. The molecule has 0 spiro atoms. The van der Waals surface area contributed by atoms with Crippen LogP contribution in [0.4, 0.5) is 4.79 Å². The zero-order valence-corrected chi connectivity index (χ0v) is 37.6. The van der Waals surface area contributed by atoms with Crippen molar-refractivity contribution in [3.8, 4) is 0 Å². The number of hydrogen-bond donors (Lipinski definition) is 2. The number of cyclic esters (lactones) is 1. The van der Waals surface area contributed by atoms with Gasteiger partial charge in [-0.3, -0.25) is 19.4 Å². The van der Waals surface area contributed by atoms with Gasteiger partial charge in [0.15, 0.2) is 17.7 Å². The van der Waals surface area contributed by atoms with Crippen molar-refractivity contribution in [2.45, 2.75) is 155 Å². The summed E-state index contributed by atoms with van der Waals surface area (Å²) < 4.78 is 38.3. The summed E-state index contributed by atoms with van der Waals surface area (Å²) in [5.74, 6) is -5.31. The van der Waals surface area contributed by atoms with E-state index >= 15 is 0 Å². The fourth-order valence-electron chi connectivity index (χ4n) is 9.36. The molecule has 0 unspecified atom stereocenters. The first-order valence-corrected chi connectivity index (χ1v) is 21.3. The Hall–Kier alpha value is -3.79. The number of esters is 1. The lowest BCUT2D eigenvalue weighted by Gasteiger charge is -2.50. The number of aromatic nitrogens is 1. The topological polar surface area (TPSA) is 172 Å². The SMILES string of the molecule is CC[C@H]1OC(=O)[C@H](C)C(=O)[C@H](C)[C@@H](O[C@@H]2O[C@H](C)[C@@H](OC(C)(C)C)[C@H](N(C)C)[C@H]2O)[C@](C)(OC/C=C/c2cnc3ccccc3c2)C[C@@H](C)C(=O)[C@H](C)[C@H]2NC(=O)O[C@@]21C. The number of pyridine rings is 1. The Morgan fingerprint density at radius 1 is 1.02 bits per heavy atom. The first kappa shape index (κ1) is 47.3. The van der Waals surface area contributed by atoms with Crippen LogP contribution in [0.2, 0.25) is 0 Å². The van der Waals surface area contributed by atoms with Crippen molar-refractivity contribution < 1.29 is 52.7 Å². The number of alkyl carbamates (subject to hydrolysis) is 1. The van der Waals surface area contributed by atoms with Crippen molar-refractivity contribution in [3.05, 3.63) is 48.2 Å². The van der Waals surface area contributed by atoms with Gasteiger partial charge < -0.3 is 43.7 Å². The van der Waals surface area contributed by atoms with Gasteiger partial charge in [0.25, 0.3) is 0 Å². The zero-order chi connectivity index (χ0) is 44.5. The number of benzene rings is 1. The van der Waals surface area contributed by atoms with E-state index in [1.165, 1.54) is 6.92 Å². The van der Waals surface area contributed by atoms with Crippen molar-refractivity contribution in [1.82, 2.24) is 15.2 Å². The van der Waals surface area contributed by atoms with E-state index in [1.807, 2.05) is 89.2 Å². The van der Waals surface area contributed by atoms with Crippen molar-refractivity contribution >= 4 is 40.6 Å². The maximum absolute atomic E-state index is 14.6. The molecule has 14 heteroatoms. The molecule has 2 N–H and O–H groups in total. The van der Waals surface area contributed by atoms with E-state index in [0.717, 1.165) is 16.5 Å². The smallest absolute Gasteiger partial charge is 0.408 e. The van der Waals surface area contributed by atoms with Crippen LogP contribution in [-0.2, 0) is 42.8 Å². The van der Waals surface area contributed by atoms with Gasteiger partial charge in [0.05, 0.1) is 47.6 Å². The predicted octanol–water partition coefficient (Wildman–Crippen LogP) is 5.90. The van der Waals surface area contributed by atoms with E-state index < -0.39 is 107 Å². The molecule has 0 saturated carbocycles. The zero-order valence-electron chi connectivity index (χ0n) is 37.6. The normalized spacial score (nSPS) is 37.5. The summed E-state index contributed by atoms with van der Waals surface area (Å²) >= 11 is 0. The van der Waals surface area contributed by atoms with Gasteiger partial charge in [-0.05, 0) is 93.1 Å². The van der Waals surface area contributed by atoms with E-state index in [0.29, 0.717) is 0 Å². The molecule has 4 heterocycles. The van der Waals surface area contributed by atoms with E-state index in [1.54, 1.807) is 47.7 Å². The number of aliphatic hydroxyl groups is 1. The molecule has 332 valence electrons. The summed E-state index contributed by atoms with van der Waals surface area (Å²) in [4.78, 5) is 62.3. The van der Waals surface area contributed by atoms with Crippen LogP contribution in [-0.4, -0.2) is 125 Å². The highest BCUT2D eigenvalue weighted by Crippen LogP contribution is 2.41. The number of ether oxygens (including phenoxy) is 6. The number of likely N-dealkylation sites (N-methyl/N-ethyl adjacent to an activating group) is 1. The fourth-order valence-corrected chi connectivity index (χ4v) is 9.36. The molecule has 5 rings (SSSR count). The number of aliphatic hydroxyl groups excluding tert-OH is 1. The van der Waals surface area contributed by atoms with Gasteiger partial charge in [0, 0.05) is 29.3 Å². The largest absolute Gasteiger partial charge is 0.458 e. The lowest BCUT2D eigenvalue weighted by molar-refractivity contribution is -0.324. The molecule has 1 amide bonds. The molecule has 14 atom stereocenters. The lowest BCUT2D eigenvalue weighted by atomic mass is 9.73. The van der Waals surface area contributed by atoms with Crippen LogP contribution in [0.5, 0.6) is 0 Å². The Balaban J connectivity index is 1.58. The van der Waals surface area contributed by atoms with Crippen LogP contribution >= 0.6 is 0 Å². The summed E-state index contributed by atoms with van der Waals surface area (Å²) in [6.07, 6.45) is -0.687. The number of para-hydroxylation sites is 1. The van der Waals surface area contributed by atoms with Crippen LogP contribution < -0.4 is 5.32 Å². The van der Waals surface area contributed by atoms with Gasteiger partial charge in [0.2, 0.25) is 0 Å². The maximum Gasteiger partial charge on any atom is 0.408 e. The van der Waals surface area contributed by atoms with E-state index in [-0.39, 0.29) is 25.2 Å². The third-order valence-corrected chi connectivity index (χ3v) is 12.5. The monoisotopic (exact) mass is 837 g/mol. The fraction of sp³-hybridized carbons (Fsp3) is 0.674. The molecule has 60 heavy (non-hydrogen) atoms. The second-order valence-electron chi connectivity index (χ2n) is 18.6. The molecular weight excluding hydrogens is 771 g/mol. The Kier molecular flexibility index (Phi) is 14.7. The van der Waals surface area contributed by atoms with Crippen LogP contribution in [0, 0.1) is 23.7 Å². The summed E-state index contributed by atoms with van der Waals surface area (Å²) in [5.41, 5.74) is -1.65. The number of nitrogens with one attached hydrogen (secondary N) is 1. The van der Waals surface area contributed by atoms with Gasteiger partial charge in [-0.25, -0.2) is 4.79 Å². The quantitative estimate of drug-likeness (QED) is 0.226. The number of nitrogens with zero attached hydrogens (tertiary/aromatic N) is 2. The number of carbonyl (C=O) groups is 4. The standard InChI is InChI=1S/C46H67N3O11/c1-14-33-46(11)39(48-43(54)60-46)26(3)35(50)25(2)23-45(10,55-21-17-18-30-22-31-19-15-16-20-32(31)47-24-30)40(27(4)36(51)28(5)41(53)57-33)58-42-37(52)34(49(12)13)38(29(6)56-42)59-44(7,8)9/h15-20,22,24-29,33-34,37-40,42,52H,14,21,23H2,1-13H3,(H,48,54)/b18-17+/t25-,26+,27+,28-,29-,33-,34-,37-,38-,39-,40-,42+,45-,46-/m1/s1. The number of hydrogen-bond acceptors (Lipinski definition) is 13. The van der Waals surface area contributed by atoms with Crippen LogP contribution in [0.3, 0.4) is 0 Å². The first-order valence-electron chi connectivity index (χ1n) is 21.3. The first-order chi connectivity index (χ1) is 28.0. The number of carbonyl (C=O) groups excluding carboxylic acids is 4. The minimum Gasteiger partial charge on any atom is -0.458 e. The minimum absolute atomic E-state index is 0.0350. The number of fused-ring (bicyclic) bond motifs is 2. The highest BCUT2D eigenvalue weighted by atomic mass is 16.7. The molecule has 1 aromatic carbocycles. The minimum atomic E-state index is -1.41. The van der Waals surface area contributed by atoms with Gasteiger partial charge in [-0.2, -0.15) is 0 Å². The van der Waals surface area contributed by atoms with Gasteiger partial charge >= 0.3 is 12.1 Å². The highest BCUT2D eigenvalue weighted by molar-refractivity contribution is 6.00. The molecule has 0 bridgehead atoms. The molecule has 0 aliphatic carbocycles. The molecule has 0 radical (unpaired) electrons. The molecule has 14 nitrogen and oxygen atoms in total. The van der Waals surface area contributed by atoms with Crippen molar-refractivity contribution in [3.63, 3.8) is 0 Å². The highest BCUT2D eigenvalue weighted by Gasteiger charge is 2.58. The maximum atomic E-state index is 14.6.